The third-order valence-corrected chi connectivity index (χ3v) is 8.16. The molecule has 6 nitrogen and oxygen atoms in total. The molecule has 0 unspecified atom stereocenters. The Morgan fingerprint density at radius 1 is 1.06 bits per heavy atom. The standard InChI is InChI=1S/C24H25BrN2O4S2/c1-18-8-10-19(11-9-18)27(33(29,30)21-12-13-23(31-2)22(25)16-21)17-24(28)26-14-15-32-20-6-4-3-5-7-20/h3-13,16H,14-15,17H2,1-2H3,(H,26,28). The minimum atomic E-state index is -4.00. The van der Waals surface area contributed by atoms with Gasteiger partial charge in [-0.1, -0.05) is 35.9 Å². The van der Waals surface area contributed by atoms with Crippen LogP contribution < -0.4 is 14.4 Å². The third kappa shape index (κ3) is 6.75. The molecule has 0 atom stereocenters. The number of aryl methyl sites for hydroxylation is 1. The van der Waals surface area contributed by atoms with E-state index in [-0.39, 0.29) is 17.3 Å². The van der Waals surface area contributed by atoms with E-state index in [1.165, 1.54) is 19.2 Å². The molecule has 0 saturated heterocycles. The fourth-order valence-electron chi connectivity index (χ4n) is 3.02. The van der Waals surface area contributed by atoms with Crippen LogP contribution in [0.4, 0.5) is 5.69 Å². The lowest BCUT2D eigenvalue weighted by Gasteiger charge is -2.24. The Balaban J connectivity index is 1.76. The molecule has 174 valence electrons. The van der Waals surface area contributed by atoms with Gasteiger partial charge in [0.2, 0.25) is 5.91 Å². The summed E-state index contributed by atoms with van der Waals surface area (Å²) in [5.74, 6) is 0.822. The molecule has 0 aliphatic heterocycles. The van der Waals surface area contributed by atoms with Crippen LogP contribution in [0.5, 0.6) is 5.75 Å². The van der Waals surface area contributed by atoms with Crippen molar-refractivity contribution in [2.45, 2.75) is 16.7 Å². The molecule has 0 fully saturated rings. The number of carbonyl (C=O) groups excluding carboxylic acids is 1. The monoisotopic (exact) mass is 548 g/mol. The predicted octanol–water partition coefficient (Wildman–Crippen LogP) is 4.87. The smallest absolute Gasteiger partial charge is 0.264 e. The van der Waals surface area contributed by atoms with Crippen molar-refractivity contribution in [2.75, 3.05) is 30.3 Å². The molecular formula is C24H25BrN2O4S2. The molecule has 0 radical (unpaired) electrons. The number of carbonyl (C=O) groups is 1. The fraction of sp³-hybridized carbons (Fsp3) is 0.208. The van der Waals surface area contributed by atoms with Crippen LogP contribution in [0.2, 0.25) is 0 Å². The Labute approximate surface area is 207 Å². The summed E-state index contributed by atoms with van der Waals surface area (Å²) in [5, 5.41) is 2.82. The highest BCUT2D eigenvalue weighted by Gasteiger charge is 2.28. The first kappa shape index (κ1) is 25.1. The van der Waals surface area contributed by atoms with Gasteiger partial charge < -0.3 is 10.1 Å². The first-order valence-corrected chi connectivity index (χ1v) is 13.4. The molecular weight excluding hydrogens is 524 g/mol. The van der Waals surface area contributed by atoms with E-state index in [1.54, 1.807) is 30.0 Å². The Morgan fingerprint density at radius 2 is 1.76 bits per heavy atom. The van der Waals surface area contributed by atoms with Gasteiger partial charge in [0, 0.05) is 17.2 Å². The Hall–Kier alpha value is -2.49. The minimum absolute atomic E-state index is 0.0585. The number of nitrogens with zero attached hydrogens (tertiary/aromatic N) is 1. The average molecular weight is 550 g/mol. The first-order chi connectivity index (χ1) is 15.8. The summed E-state index contributed by atoms with van der Waals surface area (Å²) in [6, 6.07) is 21.4. The molecule has 3 aromatic carbocycles. The van der Waals surface area contributed by atoms with E-state index in [1.807, 2.05) is 49.4 Å². The second-order valence-electron chi connectivity index (χ2n) is 7.16. The van der Waals surface area contributed by atoms with E-state index in [0.717, 1.165) is 14.8 Å². The van der Waals surface area contributed by atoms with Crippen molar-refractivity contribution in [2.24, 2.45) is 0 Å². The molecule has 3 aromatic rings. The van der Waals surface area contributed by atoms with Gasteiger partial charge in [0.15, 0.2) is 0 Å². The van der Waals surface area contributed by atoms with Crippen molar-refractivity contribution in [3.8, 4) is 5.75 Å². The van der Waals surface area contributed by atoms with Gasteiger partial charge in [0.25, 0.3) is 10.0 Å². The van der Waals surface area contributed by atoms with Crippen molar-refractivity contribution in [1.82, 2.24) is 5.32 Å². The maximum absolute atomic E-state index is 13.5. The van der Waals surface area contributed by atoms with Crippen LogP contribution >= 0.6 is 27.7 Å². The zero-order chi connectivity index (χ0) is 23.8. The summed E-state index contributed by atoms with van der Waals surface area (Å²) < 4.78 is 33.8. The maximum Gasteiger partial charge on any atom is 0.264 e. The molecule has 0 aliphatic carbocycles. The van der Waals surface area contributed by atoms with Crippen LogP contribution in [-0.4, -0.2) is 40.3 Å². The van der Waals surface area contributed by atoms with Gasteiger partial charge in [-0.25, -0.2) is 8.42 Å². The zero-order valence-corrected chi connectivity index (χ0v) is 21.5. The van der Waals surface area contributed by atoms with Crippen molar-refractivity contribution in [1.29, 1.82) is 0 Å². The van der Waals surface area contributed by atoms with E-state index >= 15 is 0 Å². The van der Waals surface area contributed by atoms with Crippen LogP contribution in [0.3, 0.4) is 0 Å². The number of nitrogens with one attached hydrogen (secondary N) is 1. The fourth-order valence-corrected chi connectivity index (χ4v) is 5.95. The summed E-state index contributed by atoms with van der Waals surface area (Å²) in [4.78, 5) is 13.9. The number of hydrogen-bond acceptors (Lipinski definition) is 5. The van der Waals surface area contributed by atoms with Gasteiger partial charge in [-0.15, -0.1) is 11.8 Å². The molecule has 9 heteroatoms. The highest BCUT2D eigenvalue weighted by molar-refractivity contribution is 9.10. The van der Waals surface area contributed by atoms with E-state index < -0.39 is 10.0 Å². The number of hydrogen-bond donors (Lipinski definition) is 1. The quantitative estimate of drug-likeness (QED) is 0.289. The number of halogens is 1. The number of benzene rings is 3. The Bertz CT molecular complexity index is 1190. The van der Waals surface area contributed by atoms with E-state index in [9.17, 15) is 13.2 Å². The number of rotatable bonds is 10. The molecule has 0 heterocycles. The van der Waals surface area contributed by atoms with Gasteiger partial charge in [0.05, 0.1) is 22.2 Å². The SMILES string of the molecule is COc1ccc(S(=O)(=O)N(CC(=O)NCCSc2ccccc2)c2ccc(C)cc2)cc1Br. The second kappa shape index (κ2) is 11.6. The van der Waals surface area contributed by atoms with Gasteiger partial charge >= 0.3 is 0 Å². The molecule has 33 heavy (non-hydrogen) atoms. The summed E-state index contributed by atoms with van der Waals surface area (Å²) >= 11 is 4.96. The van der Waals surface area contributed by atoms with Crippen LogP contribution in [0, 0.1) is 6.92 Å². The molecule has 0 saturated carbocycles. The number of thioether (sulfide) groups is 1. The molecule has 0 bridgehead atoms. The molecule has 1 N–H and O–H groups in total. The number of amides is 1. The first-order valence-electron chi connectivity index (χ1n) is 10.2. The summed E-state index contributed by atoms with van der Waals surface area (Å²) in [6.07, 6.45) is 0. The lowest BCUT2D eigenvalue weighted by molar-refractivity contribution is -0.119. The molecule has 0 aromatic heterocycles. The van der Waals surface area contributed by atoms with Gasteiger partial charge in [0.1, 0.15) is 12.3 Å². The van der Waals surface area contributed by atoms with E-state index in [0.29, 0.717) is 28.2 Å². The molecule has 3 rings (SSSR count). The van der Waals surface area contributed by atoms with Gasteiger partial charge in [-0.2, -0.15) is 0 Å². The van der Waals surface area contributed by atoms with Gasteiger partial charge in [-0.3, -0.25) is 9.10 Å². The number of anilines is 1. The average Bonchev–Trinajstić information content (AvgIpc) is 2.81. The minimum Gasteiger partial charge on any atom is -0.496 e. The zero-order valence-electron chi connectivity index (χ0n) is 18.3. The number of sulfonamides is 1. The Morgan fingerprint density at radius 3 is 2.39 bits per heavy atom. The molecule has 0 spiro atoms. The predicted molar refractivity (Wildman–Crippen MR) is 137 cm³/mol. The molecule has 0 aliphatic rings. The van der Waals surface area contributed by atoms with E-state index in [4.69, 9.17) is 4.74 Å². The van der Waals surface area contributed by atoms with Crippen LogP contribution in [-0.2, 0) is 14.8 Å². The van der Waals surface area contributed by atoms with Crippen molar-refractivity contribution in [3.63, 3.8) is 0 Å². The van der Waals surface area contributed by atoms with Crippen LogP contribution in [0.1, 0.15) is 5.56 Å². The highest BCUT2D eigenvalue weighted by atomic mass is 79.9. The highest BCUT2D eigenvalue weighted by Crippen LogP contribution is 2.30. The van der Waals surface area contributed by atoms with Gasteiger partial charge in [-0.05, 0) is 65.3 Å². The lowest BCUT2D eigenvalue weighted by atomic mass is 10.2. The Kier molecular flexibility index (Phi) is 8.82. The third-order valence-electron chi connectivity index (χ3n) is 4.76. The summed E-state index contributed by atoms with van der Waals surface area (Å²) in [7, 11) is -2.49. The number of ether oxygens (including phenoxy) is 1. The largest absolute Gasteiger partial charge is 0.496 e. The summed E-state index contributed by atoms with van der Waals surface area (Å²) in [5.41, 5.74) is 1.41. The number of methoxy groups -OCH3 is 1. The van der Waals surface area contributed by atoms with Crippen molar-refractivity contribution in [3.05, 3.63) is 82.8 Å². The van der Waals surface area contributed by atoms with E-state index in [2.05, 4.69) is 21.2 Å². The van der Waals surface area contributed by atoms with Crippen LogP contribution in [0.15, 0.2) is 87.1 Å². The summed E-state index contributed by atoms with van der Waals surface area (Å²) in [6.45, 7) is 2.01. The van der Waals surface area contributed by atoms with Crippen LogP contribution in [0.25, 0.3) is 0 Å². The topological polar surface area (TPSA) is 75.7 Å². The molecule has 1 amide bonds. The van der Waals surface area contributed by atoms with Crippen molar-refractivity contribution >= 4 is 49.3 Å². The van der Waals surface area contributed by atoms with Crippen molar-refractivity contribution < 1.29 is 17.9 Å². The second-order valence-corrected chi connectivity index (χ2v) is 11.0. The lowest BCUT2D eigenvalue weighted by Crippen LogP contribution is -2.41. The normalized spacial score (nSPS) is 11.1. The maximum atomic E-state index is 13.5.